The number of carbonyl (C=O) groups is 2. The number of aryl methyl sites for hydroxylation is 1. The molecule has 0 unspecified atom stereocenters. The van der Waals surface area contributed by atoms with Crippen molar-refractivity contribution in [3.63, 3.8) is 0 Å². The van der Waals surface area contributed by atoms with Gasteiger partial charge in [0, 0.05) is 24.6 Å². The van der Waals surface area contributed by atoms with E-state index in [4.69, 9.17) is 9.26 Å². The maximum absolute atomic E-state index is 13.7. The van der Waals surface area contributed by atoms with Crippen LogP contribution in [0.3, 0.4) is 0 Å². The maximum Gasteiger partial charge on any atom is 0.434 e. The van der Waals surface area contributed by atoms with Crippen LogP contribution in [-0.2, 0) is 10.9 Å². The minimum absolute atomic E-state index is 0.0601. The Hall–Kier alpha value is -3.70. The lowest BCUT2D eigenvalue weighted by Gasteiger charge is -2.30. The number of nitrogens with zero attached hydrogens (tertiary/aromatic N) is 5. The average Bonchev–Trinajstić information content (AvgIpc) is 3.46. The molecule has 1 saturated heterocycles. The molecule has 0 N–H and O–H groups in total. The van der Waals surface area contributed by atoms with Gasteiger partial charge in [0.25, 0.3) is 5.91 Å². The summed E-state index contributed by atoms with van der Waals surface area (Å²) in [6.45, 7) is 4.16. The lowest BCUT2D eigenvalue weighted by Crippen LogP contribution is -2.38. The van der Waals surface area contributed by atoms with Crippen LogP contribution in [0, 0.1) is 6.92 Å². The minimum Gasteiger partial charge on any atom is -0.462 e. The highest BCUT2D eigenvalue weighted by Crippen LogP contribution is 2.34. The van der Waals surface area contributed by atoms with E-state index in [2.05, 4.69) is 15.2 Å². The zero-order chi connectivity index (χ0) is 24.5. The number of ether oxygens (including phenoxy) is 1. The van der Waals surface area contributed by atoms with Crippen molar-refractivity contribution in [3.8, 4) is 5.69 Å². The number of benzene rings is 1. The molecule has 0 saturated carbocycles. The van der Waals surface area contributed by atoms with Gasteiger partial charge in [0.05, 0.1) is 18.5 Å². The minimum atomic E-state index is -4.84. The normalized spacial score (nSPS) is 14.9. The maximum atomic E-state index is 13.7. The van der Waals surface area contributed by atoms with E-state index < -0.39 is 23.4 Å². The lowest BCUT2D eigenvalue weighted by molar-refractivity contribution is -0.143. The van der Waals surface area contributed by atoms with E-state index in [1.165, 1.54) is 31.2 Å². The highest BCUT2D eigenvalue weighted by molar-refractivity contribution is 5.94. The molecular weight excluding hydrogens is 455 g/mol. The third kappa shape index (κ3) is 4.66. The number of esters is 1. The van der Waals surface area contributed by atoms with Gasteiger partial charge in [0.15, 0.2) is 11.5 Å². The molecule has 0 radical (unpaired) electrons. The van der Waals surface area contributed by atoms with E-state index in [0.717, 1.165) is 6.20 Å². The smallest absolute Gasteiger partial charge is 0.434 e. The number of alkyl halides is 3. The molecular formula is C22H22F3N5O4. The summed E-state index contributed by atoms with van der Waals surface area (Å²) in [5, 5.41) is 7.54. The van der Waals surface area contributed by atoms with Crippen LogP contribution in [0.5, 0.6) is 0 Å². The molecule has 3 aromatic rings. The first-order chi connectivity index (χ1) is 16.2. The van der Waals surface area contributed by atoms with E-state index in [1.807, 2.05) is 0 Å². The summed E-state index contributed by atoms with van der Waals surface area (Å²) in [6.07, 6.45) is -2.67. The van der Waals surface area contributed by atoms with Crippen molar-refractivity contribution in [1.29, 1.82) is 0 Å². The van der Waals surface area contributed by atoms with Crippen LogP contribution in [0.15, 0.2) is 35.0 Å². The van der Waals surface area contributed by atoms with Gasteiger partial charge in [-0.15, -0.1) is 0 Å². The van der Waals surface area contributed by atoms with Gasteiger partial charge in [-0.2, -0.15) is 23.3 Å². The fourth-order valence-corrected chi connectivity index (χ4v) is 3.91. The number of hydrogen-bond acceptors (Lipinski definition) is 7. The fraction of sp³-hybridized carbons (Fsp3) is 0.409. The van der Waals surface area contributed by atoms with E-state index in [9.17, 15) is 22.8 Å². The van der Waals surface area contributed by atoms with E-state index >= 15 is 0 Å². The molecule has 0 aliphatic carbocycles. The van der Waals surface area contributed by atoms with E-state index in [0.29, 0.717) is 47.9 Å². The van der Waals surface area contributed by atoms with Crippen molar-refractivity contribution in [1.82, 2.24) is 24.8 Å². The molecule has 0 atom stereocenters. The summed E-state index contributed by atoms with van der Waals surface area (Å²) in [4.78, 5) is 30.8. The third-order valence-electron chi connectivity index (χ3n) is 5.57. The van der Waals surface area contributed by atoms with Crippen molar-refractivity contribution >= 4 is 11.9 Å². The number of hydrogen-bond donors (Lipinski definition) is 0. The number of likely N-dealkylation sites (tertiary alicyclic amines) is 1. The zero-order valence-corrected chi connectivity index (χ0v) is 18.5. The molecule has 1 aliphatic heterocycles. The summed E-state index contributed by atoms with van der Waals surface area (Å²) >= 11 is 0. The van der Waals surface area contributed by atoms with E-state index in [1.54, 1.807) is 11.8 Å². The Morgan fingerprint density at radius 1 is 1.18 bits per heavy atom. The number of rotatable bonds is 5. The van der Waals surface area contributed by atoms with Gasteiger partial charge >= 0.3 is 12.1 Å². The van der Waals surface area contributed by atoms with Gasteiger partial charge in [-0.3, -0.25) is 4.79 Å². The van der Waals surface area contributed by atoms with Crippen LogP contribution in [0.2, 0.25) is 0 Å². The molecule has 0 spiro atoms. The third-order valence-corrected chi connectivity index (χ3v) is 5.57. The number of aromatic nitrogens is 4. The highest BCUT2D eigenvalue weighted by Gasteiger charge is 2.41. The van der Waals surface area contributed by atoms with Crippen LogP contribution in [0.4, 0.5) is 13.2 Å². The SMILES string of the molecule is CCOC(=O)c1cnn(-c2ccc(C(=O)N3CCC(c4nc(C)no4)CC3)cc2)c1C(F)(F)F. The Morgan fingerprint density at radius 3 is 2.41 bits per heavy atom. The average molecular weight is 477 g/mol. The van der Waals surface area contributed by atoms with Gasteiger partial charge < -0.3 is 14.2 Å². The Kier molecular flexibility index (Phi) is 6.40. The molecule has 3 heterocycles. The second kappa shape index (κ2) is 9.27. The Labute approximate surface area is 192 Å². The predicted molar refractivity (Wildman–Crippen MR) is 111 cm³/mol. The van der Waals surface area contributed by atoms with Crippen molar-refractivity contribution < 1.29 is 32.0 Å². The first-order valence-corrected chi connectivity index (χ1v) is 10.7. The molecule has 180 valence electrons. The van der Waals surface area contributed by atoms with Gasteiger partial charge in [0.1, 0.15) is 5.56 Å². The molecule has 1 aliphatic rings. The monoisotopic (exact) mass is 477 g/mol. The summed E-state index contributed by atoms with van der Waals surface area (Å²) < 4.78 is 51.6. The second-order valence-electron chi connectivity index (χ2n) is 7.83. The Morgan fingerprint density at radius 2 is 1.85 bits per heavy atom. The van der Waals surface area contributed by atoms with Gasteiger partial charge in [0.2, 0.25) is 5.89 Å². The number of halogens is 3. The van der Waals surface area contributed by atoms with Crippen molar-refractivity contribution in [2.75, 3.05) is 19.7 Å². The molecule has 12 heteroatoms. The van der Waals surface area contributed by atoms with Crippen molar-refractivity contribution in [2.24, 2.45) is 0 Å². The van der Waals surface area contributed by atoms with Gasteiger partial charge in [-0.05, 0) is 51.0 Å². The first-order valence-electron chi connectivity index (χ1n) is 10.7. The molecule has 1 amide bonds. The van der Waals surface area contributed by atoms with Gasteiger partial charge in [-0.25, -0.2) is 9.48 Å². The second-order valence-corrected chi connectivity index (χ2v) is 7.83. The Balaban J connectivity index is 1.49. The summed E-state index contributed by atoms with van der Waals surface area (Å²) in [5.41, 5.74) is -1.51. The number of amides is 1. The van der Waals surface area contributed by atoms with Crippen molar-refractivity contribution in [2.45, 2.75) is 38.8 Å². The van der Waals surface area contributed by atoms with Crippen LogP contribution >= 0.6 is 0 Å². The molecule has 4 rings (SSSR count). The van der Waals surface area contributed by atoms with Crippen molar-refractivity contribution in [3.05, 3.63) is 59.0 Å². The highest BCUT2D eigenvalue weighted by atomic mass is 19.4. The van der Waals surface area contributed by atoms with E-state index in [-0.39, 0.29) is 24.1 Å². The summed E-state index contributed by atoms with van der Waals surface area (Å²) in [7, 11) is 0. The first kappa shape index (κ1) is 23.5. The topological polar surface area (TPSA) is 103 Å². The van der Waals surface area contributed by atoms with Crippen LogP contribution in [-0.4, -0.2) is 56.4 Å². The molecule has 9 nitrogen and oxygen atoms in total. The summed E-state index contributed by atoms with van der Waals surface area (Å²) in [5.74, 6) is -0.117. The van der Waals surface area contributed by atoms with Crippen LogP contribution in [0.25, 0.3) is 5.69 Å². The molecule has 2 aromatic heterocycles. The molecule has 34 heavy (non-hydrogen) atoms. The largest absolute Gasteiger partial charge is 0.462 e. The fourth-order valence-electron chi connectivity index (χ4n) is 3.91. The number of carbonyl (C=O) groups excluding carboxylic acids is 2. The summed E-state index contributed by atoms with van der Waals surface area (Å²) in [6, 6.07) is 5.60. The quantitative estimate of drug-likeness (QED) is 0.515. The molecule has 1 aromatic carbocycles. The Bertz CT molecular complexity index is 1180. The zero-order valence-electron chi connectivity index (χ0n) is 18.5. The lowest BCUT2D eigenvalue weighted by atomic mass is 9.96. The predicted octanol–water partition coefficient (Wildman–Crippen LogP) is 3.78. The van der Waals surface area contributed by atoms with Crippen LogP contribution in [0.1, 0.15) is 63.8 Å². The standard InChI is InChI=1S/C22H22F3N5O4/c1-3-33-21(32)17-12-26-30(18(17)22(23,24)25)16-6-4-15(5-7-16)20(31)29-10-8-14(9-11-29)19-27-13(2)28-34-19/h4-7,12,14H,3,8-11H2,1-2H3. The molecule has 0 bridgehead atoms. The molecule has 1 fully saturated rings. The van der Waals surface area contributed by atoms with Crippen LogP contribution < -0.4 is 0 Å². The van der Waals surface area contributed by atoms with Gasteiger partial charge in [-0.1, -0.05) is 5.16 Å². The number of piperidine rings is 1.